The highest BCUT2D eigenvalue weighted by Gasteiger charge is 2.48. The van der Waals surface area contributed by atoms with Crippen LogP contribution in [-0.4, -0.2) is 35.6 Å². The largest absolute Gasteiger partial charge is 0.497 e. The van der Waals surface area contributed by atoms with E-state index in [1.54, 1.807) is 23.8 Å². The molecule has 1 N–H and O–H groups in total. The molecule has 2 aliphatic rings. The maximum atomic E-state index is 12.7. The Balaban J connectivity index is 1.46. The van der Waals surface area contributed by atoms with Crippen LogP contribution < -0.4 is 10.1 Å². The molecule has 0 aliphatic carbocycles. The lowest BCUT2D eigenvalue weighted by Crippen LogP contribution is -2.45. The zero-order valence-corrected chi connectivity index (χ0v) is 14.6. The van der Waals surface area contributed by atoms with Crippen LogP contribution >= 0.6 is 11.8 Å². The Morgan fingerprint density at radius 3 is 2.96 bits per heavy atom. The SMILES string of the molecule is COc1cccc(CNC(=O)[C@H]2CS[C@@H]3c4ccccc4C(=O)N23)c1. The molecule has 0 saturated carbocycles. The summed E-state index contributed by atoms with van der Waals surface area (Å²) in [5, 5.41) is 2.91. The summed E-state index contributed by atoms with van der Waals surface area (Å²) < 4.78 is 5.20. The van der Waals surface area contributed by atoms with Gasteiger partial charge in [0.15, 0.2) is 0 Å². The lowest BCUT2D eigenvalue weighted by molar-refractivity contribution is -0.124. The molecule has 2 aliphatic heterocycles. The van der Waals surface area contributed by atoms with E-state index in [1.807, 2.05) is 48.5 Å². The molecule has 128 valence electrons. The number of nitrogens with one attached hydrogen (secondary N) is 1. The molecular formula is C19H18N2O3S. The van der Waals surface area contributed by atoms with Crippen molar-refractivity contribution >= 4 is 23.6 Å². The van der Waals surface area contributed by atoms with Crippen LogP contribution in [0.5, 0.6) is 5.75 Å². The summed E-state index contributed by atoms with van der Waals surface area (Å²) in [6.45, 7) is 0.414. The molecule has 0 aromatic heterocycles. The first-order valence-corrected chi connectivity index (χ1v) is 9.18. The maximum Gasteiger partial charge on any atom is 0.256 e. The third kappa shape index (κ3) is 2.76. The van der Waals surface area contributed by atoms with E-state index in [9.17, 15) is 9.59 Å². The average Bonchev–Trinajstić information content (AvgIpc) is 3.21. The highest BCUT2D eigenvalue weighted by Crippen LogP contribution is 2.48. The van der Waals surface area contributed by atoms with Gasteiger partial charge >= 0.3 is 0 Å². The van der Waals surface area contributed by atoms with Crippen molar-refractivity contribution in [1.29, 1.82) is 0 Å². The van der Waals surface area contributed by atoms with Crippen molar-refractivity contribution in [2.75, 3.05) is 12.9 Å². The minimum atomic E-state index is -0.430. The van der Waals surface area contributed by atoms with Gasteiger partial charge in [-0.3, -0.25) is 9.59 Å². The van der Waals surface area contributed by atoms with Crippen LogP contribution in [-0.2, 0) is 11.3 Å². The number of ether oxygens (including phenoxy) is 1. The minimum absolute atomic E-state index is 0.0451. The minimum Gasteiger partial charge on any atom is -0.497 e. The summed E-state index contributed by atoms with van der Waals surface area (Å²) in [6.07, 6.45) is 0. The predicted molar refractivity (Wildman–Crippen MR) is 96.4 cm³/mol. The molecule has 1 saturated heterocycles. The van der Waals surface area contributed by atoms with Crippen molar-refractivity contribution in [1.82, 2.24) is 10.2 Å². The maximum absolute atomic E-state index is 12.7. The summed E-state index contributed by atoms with van der Waals surface area (Å²) in [5.74, 6) is 1.22. The number of hydrogen-bond acceptors (Lipinski definition) is 4. The molecule has 2 aromatic rings. The van der Waals surface area contributed by atoms with Gasteiger partial charge in [0.05, 0.1) is 7.11 Å². The normalized spacial score (nSPS) is 21.0. The third-order valence-corrected chi connectivity index (χ3v) is 5.90. The van der Waals surface area contributed by atoms with Gasteiger partial charge in [-0.25, -0.2) is 0 Å². The second kappa shape index (κ2) is 6.44. The van der Waals surface area contributed by atoms with Crippen LogP contribution in [0.25, 0.3) is 0 Å². The van der Waals surface area contributed by atoms with E-state index < -0.39 is 6.04 Å². The fourth-order valence-electron chi connectivity index (χ4n) is 3.33. The summed E-state index contributed by atoms with van der Waals surface area (Å²) in [4.78, 5) is 27.0. The van der Waals surface area contributed by atoms with E-state index in [0.717, 1.165) is 16.9 Å². The number of hydrogen-bond donors (Lipinski definition) is 1. The quantitative estimate of drug-likeness (QED) is 0.917. The number of nitrogens with zero attached hydrogens (tertiary/aromatic N) is 1. The highest BCUT2D eigenvalue weighted by molar-refractivity contribution is 7.99. The van der Waals surface area contributed by atoms with Crippen molar-refractivity contribution in [2.24, 2.45) is 0 Å². The fourth-order valence-corrected chi connectivity index (χ4v) is 4.80. The number of carbonyl (C=O) groups is 2. The van der Waals surface area contributed by atoms with E-state index >= 15 is 0 Å². The van der Waals surface area contributed by atoms with Crippen molar-refractivity contribution in [2.45, 2.75) is 18.0 Å². The first kappa shape index (κ1) is 16.0. The lowest BCUT2D eigenvalue weighted by atomic mass is 10.1. The molecule has 2 amide bonds. The van der Waals surface area contributed by atoms with E-state index in [-0.39, 0.29) is 17.2 Å². The lowest BCUT2D eigenvalue weighted by Gasteiger charge is -2.22. The molecule has 2 atom stereocenters. The molecule has 0 spiro atoms. The Hall–Kier alpha value is -2.47. The number of methoxy groups -OCH3 is 1. The second-order valence-electron chi connectivity index (χ2n) is 6.07. The van der Waals surface area contributed by atoms with E-state index in [0.29, 0.717) is 17.9 Å². The van der Waals surface area contributed by atoms with Crippen LogP contribution in [0.1, 0.15) is 26.9 Å². The number of amides is 2. The average molecular weight is 354 g/mol. The Labute approximate surface area is 150 Å². The monoisotopic (exact) mass is 354 g/mol. The topological polar surface area (TPSA) is 58.6 Å². The predicted octanol–water partition coefficient (Wildman–Crippen LogP) is 2.58. The first-order chi connectivity index (χ1) is 12.2. The van der Waals surface area contributed by atoms with Crippen LogP contribution in [0, 0.1) is 0 Å². The molecule has 0 radical (unpaired) electrons. The number of benzene rings is 2. The number of fused-ring (bicyclic) bond motifs is 3. The van der Waals surface area contributed by atoms with Crippen molar-refractivity contribution in [3.63, 3.8) is 0 Å². The molecule has 5 nitrogen and oxygen atoms in total. The summed E-state index contributed by atoms with van der Waals surface area (Å²) >= 11 is 1.65. The van der Waals surface area contributed by atoms with Gasteiger partial charge in [0.2, 0.25) is 5.91 Å². The van der Waals surface area contributed by atoms with Gasteiger partial charge in [0.25, 0.3) is 5.91 Å². The third-order valence-electron chi connectivity index (χ3n) is 4.60. The van der Waals surface area contributed by atoms with Gasteiger partial charge in [0, 0.05) is 17.9 Å². The van der Waals surface area contributed by atoms with E-state index in [4.69, 9.17) is 4.74 Å². The molecule has 2 aromatic carbocycles. The molecular weight excluding hydrogens is 336 g/mol. The van der Waals surface area contributed by atoms with Gasteiger partial charge in [0.1, 0.15) is 17.2 Å². The molecule has 4 rings (SSSR count). The van der Waals surface area contributed by atoms with Crippen LogP contribution in [0.15, 0.2) is 48.5 Å². The van der Waals surface area contributed by atoms with E-state index in [2.05, 4.69) is 5.32 Å². The molecule has 0 unspecified atom stereocenters. The zero-order chi connectivity index (χ0) is 17.4. The van der Waals surface area contributed by atoms with Gasteiger partial charge in [-0.1, -0.05) is 30.3 Å². The standard InChI is InChI=1S/C19H18N2O3S/c1-24-13-6-4-5-12(9-13)10-20-17(22)16-11-25-19-15-8-3-2-7-14(15)18(23)21(16)19/h2-9,16,19H,10-11H2,1H3,(H,20,22)/t16-,19-/m1/s1. The van der Waals surface area contributed by atoms with Crippen LogP contribution in [0.2, 0.25) is 0 Å². The highest BCUT2D eigenvalue weighted by atomic mass is 32.2. The molecule has 6 heteroatoms. The zero-order valence-electron chi connectivity index (χ0n) is 13.8. The van der Waals surface area contributed by atoms with Gasteiger partial charge in [-0.2, -0.15) is 0 Å². The summed E-state index contributed by atoms with van der Waals surface area (Å²) in [5.41, 5.74) is 2.69. The van der Waals surface area contributed by atoms with Gasteiger partial charge in [-0.15, -0.1) is 11.8 Å². The number of carbonyl (C=O) groups excluding carboxylic acids is 2. The van der Waals surface area contributed by atoms with Crippen LogP contribution in [0.3, 0.4) is 0 Å². The van der Waals surface area contributed by atoms with Gasteiger partial charge in [-0.05, 0) is 29.3 Å². The summed E-state index contributed by atoms with van der Waals surface area (Å²) in [7, 11) is 1.62. The molecule has 25 heavy (non-hydrogen) atoms. The second-order valence-corrected chi connectivity index (χ2v) is 7.18. The van der Waals surface area contributed by atoms with Crippen molar-refractivity contribution in [3.8, 4) is 5.75 Å². The fraction of sp³-hybridized carbons (Fsp3) is 0.263. The molecule has 0 bridgehead atoms. The Morgan fingerprint density at radius 1 is 1.28 bits per heavy atom. The Kier molecular flexibility index (Phi) is 4.13. The van der Waals surface area contributed by atoms with Crippen molar-refractivity contribution in [3.05, 3.63) is 65.2 Å². The number of thioether (sulfide) groups is 1. The van der Waals surface area contributed by atoms with E-state index in [1.165, 1.54) is 0 Å². The molecule has 1 fully saturated rings. The first-order valence-electron chi connectivity index (χ1n) is 8.13. The van der Waals surface area contributed by atoms with Gasteiger partial charge < -0.3 is 15.0 Å². The van der Waals surface area contributed by atoms with Crippen LogP contribution in [0.4, 0.5) is 0 Å². The Morgan fingerprint density at radius 2 is 2.12 bits per heavy atom. The van der Waals surface area contributed by atoms with Crippen molar-refractivity contribution < 1.29 is 14.3 Å². The summed E-state index contributed by atoms with van der Waals surface area (Å²) in [6, 6.07) is 14.8. The number of rotatable bonds is 4. The Bertz CT molecular complexity index is 839. The smallest absolute Gasteiger partial charge is 0.256 e. The molecule has 2 heterocycles.